The van der Waals surface area contributed by atoms with Gasteiger partial charge in [-0.15, -0.1) is 0 Å². The molecule has 0 bridgehead atoms. The summed E-state index contributed by atoms with van der Waals surface area (Å²) >= 11 is 0. The molecule has 2 rings (SSSR count). The predicted molar refractivity (Wildman–Crippen MR) is 95.4 cm³/mol. The van der Waals surface area contributed by atoms with Crippen molar-refractivity contribution in [1.82, 2.24) is 15.2 Å². The monoisotopic (exact) mass is 316 g/mol. The van der Waals surface area contributed by atoms with E-state index in [-0.39, 0.29) is 5.91 Å². The van der Waals surface area contributed by atoms with E-state index in [1.165, 1.54) is 0 Å². The van der Waals surface area contributed by atoms with E-state index in [0.29, 0.717) is 19.0 Å². The van der Waals surface area contributed by atoms with Gasteiger partial charge in [0.1, 0.15) is 0 Å². The number of nitrogens with zero attached hydrogens (tertiary/aromatic N) is 1. The Morgan fingerprint density at radius 2 is 2.13 bits per heavy atom. The number of likely N-dealkylation sites (N-methyl/N-ethyl adjacent to an activating group) is 1. The maximum Gasteiger partial charge on any atom is 0.237 e. The van der Waals surface area contributed by atoms with Crippen molar-refractivity contribution in [2.75, 3.05) is 20.1 Å². The van der Waals surface area contributed by atoms with E-state index >= 15 is 0 Å². The lowest BCUT2D eigenvalue weighted by Gasteiger charge is -2.23. The van der Waals surface area contributed by atoms with Crippen LogP contribution in [-0.4, -0.2) is 48.0 Å². The smallest absolute Gasteiger partial charge is 0.237 e. The number of nitrogens with two attached hydrogens (primary N) is 1. The molecule has 1 amide bonds. The fourth-order valence-corrected chi connectivity index (χ4v) is 2.65. The first kappa shape index (κ1) is 17.5. The Balaban J connectivity index is 1.83. The molecule has 0 aliphatic carbocycles. The van der Waals surface area contributed by atoms with Crippen molar-refractivity contribution >= 4 is 16.8 Å². The number of nitrogens with one attached hydrogen (secondary N) is 2. The zero-order chi connectivity index (χ0) is 16.8. The Hall–Kier alpha value is -1.85. The number of aromatic amines is 1. The SMILES string of the molecule is CCC(C)N(C)CCNC(=O)[C@@H](N)Cc1c[nH]c2ccccc12. The summed E-state index contributed by atoms with van der Waals surface area (Å²) in [5, 5.41) is 4.07. The van der Waals surface area contributed by atoms with Gasteiger partial charge < -0.3 is 20.9 Å². The van der Waals surface area contributed by atoms with Crippen LogP contribution in [0.15, 0.2) is 30.5 Å². The third-order valence-corrected chi connectivity index (χ3v) is 4.56. The highest BCUT2D eigenvalue weighted by Crippen LogP contribution is 2.18. The minimum atomic E-state index is -0.525. The van der Waals surface area contributed by atoms with Crippen LogP contribution in [0, 0.1) is 0 Å². The van der Waals surface area contributed by atoms with Crippen molar-refractivity contribution in [3.8, 4) is 0 Å². The predicted octanol–water partition coefficient (Wildman–Crippen LogP) is 1.88. The summed E-state index contributed by atoms with van der Waals surface area (Å²) in [7, 11) is 2.08. The number of benzene rings is 1. The van der Waals surface area contributed by atoms with Crippen LogP contribution in [0.4, 0.5) is 0 Å². The largest absolute Gasteiger partial charge is 0.361 e. The number of hydrogen-bond acceptors (Lipinski definition) is 3. The van der Waals surface area contributed by atoms with Crippen molar-refractivity contribution in [2.45, 2.75) is 38.8 Å². The van der Waals surface area contributed by atoms with Crippen LogP contribution in [0.3, 0.4) is 0 Å². The van der Waals surface area contributed by atoms with Crippen LogP contribution in [0.5, 0.6) is 0 Å². The Bertz CT molecular complexity index is 637. The molecule has 0 aliphatic heterocycles. The van der Waals surface area contributed by atoms with E-state index in [9.17, 15) is 4.79 Å². The number of carbonyl (C=O) groups is 1. The highest BCUT2D eigenvalue weighted by atomic mass is 16.2. The van der Waals surface area contributed by atoms with Gasteiger partial charge in [-0.25, -0.2) is 0 Å². The van der Waals surface area contributed by atoms with E-state index in [2.05, 4.69) is 36.1 Å². The molecular weight excluding hydrogens is 288 g/mol. The van der Waals surface area contributed by atoms with Gasteiger partial charge in [0.2, 0.25) is 5.91 Å². The summed E-state index contributed by atoms with van der Waals surface area (Å²) in [4.78, 5) is 17.6. The van der Waals surface area contributed by atoms with Crippen LogP contribution in [0.2, 0.25) is 0 Å². The molecule has 5 heteroatoms. The summed E-state index contributed by atoms with van der Waals surface area (Å²) < 4.78 is 0. The first-order valence-corrected chi connectivity index (χ1v) is 8.31. The molecule has 5 nitrogen and oxygen atoms in total. The zero-order valence-corrected chi connectivity index (χ0v) is 14.3. The second kappa shape index (κ2) is 8.13. The molecule has 0 aliphatic rings. The first-order chi connectivity index (χ1) is 11.0. The van der Waals surface area contributed by atoms with E-state index in [1.807, 2.05) is 30.5 Å². The van der Waals surface area contributed by atoms with Crippen LogP contribution < -0.4 is 11.1 Å². The van der Waals surface area contributed by atoms with E-state index in [1.54, 1.807) is 0 Å². The topological polar surface area (TPSA) is 74.2 Å². The lowest BCUT2D eigenvalue weighted by atomic mass is 10.1. The van der Waals surface area contributed by atoms with E-state index in [4.69, 9.17) is 5.73 Å². The highest BCUT2D eigenvalue weighted by molar-refractivity contribution is 5.86. The molecule has 0 saturated heterocycles. The normalized spacial score (nSPS) is 14.1. The van der Waals surface area contributed by atoms with Gasteiger partial charge in [-0.1, -0.05) is 25.1 Å². The number of H-pyrrole nitrogens is 1. The third kappa shape index (κ3) is 4.56. The van der Waals surface area contributed by atoms with Gasteiger partial charge >= 0.3 is 0 Å². The third-order valence-electron chi connectivity index (χ3n) is 4.56. The minimum absolute atomic E-state index is 0.0900. The summed E-state index contributed by atoms with van der Waals surface area (Å²) in [6, 6.07) is 8.05. The number of para-hydroxylation sites is 1. The first-order valence-electron chi connectivity index (χ1n) is 8.31. The van der Waals surface area contributed by atoms with Crippen molar-refractivity contribution in [1.29, 1.82) is 0 Å². The molecule has 1 heterocycles. The Kier molecular flexibility index (Phi) is 6.19. The second-order valence-electron chi connectivity index (χ2n) is 6.20. The lowest BCUT2D eigenvalue weighted by Crippen LogP contribution is -2.45. The Labute approximate surface area is 138 Å². The summed E-state index contributed by atoms with van der Waals surface area (Å²) in [6.07, 6.45) is 3.58. The van der Waals surface area contributed by atoms with Gasteiger partial charge in [0.15, 0.2) is 0 Å². The van der Waals surface area contributed by atoms with Crippen molar-refractivity contribution < 1.29 is 4.79 Å². The molecule has 1 aromatic heterocycles. The van der Waals surface area contributed by atoms with E-state index in [0.717, 1.165) is 29.4 Å². The standard InChI is InChI=1S/C18H28N4O/c1-4-13(2)22(3)10-9-20-18(23)16(19)11-14-12-21-17-8-6-5-7-15(14)17/h5-8,12-13,16,21H,4,9-11,19H2,1-3H3,(H,20,23)/t13?,16-/m0/s1. The van der Waals surface area contributed by atoms with Crippen LogP contribution in [-0.2, 0) is 11.2 Å². The van der Waals surface area contributed by atoms with Crippen molar-refractivity contribution in [2.24, 2.45) is 5.73 Å². The molecule has 1 unspecified atom stereocenters. The zero-order valence-electron chi connectivity index (χ0n) is 14.3. The average Bonchev–Trinajstić information content (AvgIpc) is 2.96. The fourth-order valence-electron chi connectivity index (χ4n) is 2.65. The fraction of sp³-hybridized carbons (Fsp3) is 0.500. The van der Waals surface area contributed by atoms with Gasteiger partial charge in [0, 0.05) is 36.2 Å². The average molecular weight is 316 g/mol. The van der Waals surface area contributed by atoms with Crippen molar-refractivity contribution in [3.05, 3.63) is 36.0 Å². The molecule has 0 fully saturated rings. The molecule has 126 valence electrons. The Morgan fingerprint density at radius 3 is 2.87 bits per heavy atom. The van der Waals surface area contributed by atoms with Crippen LogP contribution in [0.1, 0.15) is 25.8 Å². The molecular formula is C18H28N4O. The van der Waals surface area contributed by atoms with Crippen LogP contribution >= 0.6 is 0 Å². The van der Waals surface area contributed by atoms with Crippen LogP contribution in [0.25, 0.3) is 10.9 Å². The number of hydrogen-bond donors (Lipinski definition) is 3. The number of fused-ring (bicyclic) bond motifs is 1. The van der Waals surface area contributed by atoms with E-state index < -0.39 is 6.04 Å². The molecule has 2 atom stereocenters. The van der Waals surface area contributed by atoms with Crippen molar-refractivity contribution in [3.63, 3.8) is 0 Å². The number of aromatic nitrogens is 1. The molecule has 0 saturated carbocycles. The molecule has 23 heavy (non-hydrogen) atoms. The van der Waals surface area contributed by atoms with Gasteiger partial charge in [-0.2, -0.15) is 0 Å². The van der Waals surface area contributed by atoms with Gasteiger partial charge in [-0.3, -0.25) is 4.79 Å². The molecule has 4 N–H and O–H groups in total. The summed E-state index contributed by atoms with van der Waals surface area (Å²) in [6.45, 7) is 5.81. The van der Waals surface area contributed by atoms with Gasteiger partial charge in [0.25, 0.3) is 0 Å². The second-order valence-corrected chi connectivity index (χ2v) is 6.20. The number of carbonyl (C=O) groups excluding carboxylic acids is 1. The number of rotatable bonds is 8. The lowest BCUT2D eigenvalue weighted by molar-refractivity contribution is -0.122. The molecule has 2 aromatic rings. The molecule has 1 aromatic carbocycles. The number of amides is 1. The highest BCUT2D eigenvalue weighted by Gasteiger charge is 2.16. The summed E-state index contributed by atoms with van der Waals surface area (Å²) in [5.74, 6) is -0.0900. The molecule has 0 spiro atoms. The minimum Gasteiger partial charge on any atom is -0.361 e. The Morgan fingerprint density at radius 1 is 1.39 bits per heavy atom. The van der Waals surface area contributed by atoms with Gasteiger partial charge in [0.05, 0.1) is 6.04 Å². The maximum absolute atomic E-state index is 12.2. The molecule has 0 radical (unpaired) electrons. The summed E-state index contributed by atoms with van der Waals surface area (Å²) in [5.41, 5.74) is 8.22. The maximum atomic E-state index is 12.2. The van der Waals surface area contributed by atoms with Gasteiger partial charge in [-0.05, 0) is 38.4 Å². The quantitative estimate of drug-likeness (QED) is 0.696.